The Labute approximate surface area is 123 Å². The number of hydrogen-bond donors (Lipinski definition) is 1. The lowest BCUT2D eigenvalue weighted by atomic mass is 10.0. The zero-order valence-corrected chi connectivity index (χ0v) is 11.1. The van der Waals surface area contributed by atoms with Gasteiger partial charge >= 0.3 is 5.97 Å². The summed E-state index contributed by atoms with van der Waals surface area (Å²) in [4.78, 5) is 10.8. The van der Waals surface area contributed by atoms with Gasteiger partial charge in [-0.3, -0.25) is 0 Å². The van der Waals surface area contributed by atoms with Crippen molar-refractivity contribution in [1.82, 2.24) is 5.16 Å². The summed E-state index contributed by atoms with van der Waals surface area (Å²) in [5.74, 6) is -2.58. The standard InChI is InChI=1S/C16H9F2NO3/c17-11-4-1-9(2-5-11)10-3-6-13(18)12(7-10)14-8-15(16(20)21)22-19-14/h1-8H,(H,20,21). The van der Waals surface area contributed by atoms with Crippen LogP contribution in [0.5, 0.6) is 0 Å². The summed E-state index contributed by atoms with van der Waals surface area (Å²) >= 11 is 0. The fourth-order valence-corrected chi connectivity index (χ4v) is 2.05. The van der Waals surface area contributed by atoms with Crippen molar-refractivity contribution in [1.29, 1.82) is 0 Å². The van der Waals surface area contributed by atoms with Crippen LogP contribution in [0.15, 0.2) is 53.1 Å². The molecule has 2 aromatic carbocycles. The van der Waals surface area contributed by atoms with Crippen molar-refractivity contribution >= 4 is 5.97 Å². The molecule has 0 saturated carbocycles. The Morgan fingerprint density at radius 1 is 1.00 bits per heavy atom. The Kier molecular flexibility index (Phi) is 3.42. The maximum absolute atomic E-state index is 14.0. The van der Waals surface area contributed by atoms with Gasteiger partial charge in [0.15, 0.2) is 0 Å². The summed E-state index contributed by atoms with van der Waals surface area (Å²) < 4.78 is 31.5. The van der Waals surface area contributed by atoms with Crippen molar-refractivity contribution in [3.63, 3.8) is 0 Å². The lowest BCUT2D eigenvalue weighted by Crippen LogP contribution is -1.91. The lowest BCUT2D eigenvalue weighted by molar-refractivity contribution is 0.0652. The van der Waals surface area contributed by atoms with Gasteiger partial charge in [0.2, 0.25) is 5.76 Å². The van der Waals surface area contributed by atoms with Crippen molar-refractivity contribution in [2.75, 3.05) is 0 Å². The molecule has 0 atom stereocenters. The van der Waals surface area contributed by atoms with Gasteiger partial charge in [0.05, 0.1) is 0 Å². The van der Waals surface area contributed by atoms with Gasteiger partial charge in [0.1, 0.15) is 17.3 Å². The molecule has 0 aliphatic heterocycles. The third-order valence-corrected chi connectivity index (χ3v) is 3.14. The summed E-state index contributed by atoms with van der Waals surface area (Å²) in [7, 11) is 0. The van der Waals surface area contributed by atoms with Crippen LogP contribution in [0.2, 0.25) is 0 Å². The number of carboxylic acids is 1. The number of aromatic nitrogens is 1. The maximum atomic E-state index is 14.0. The fourth-order valence-electron chi connectivity index (χ4n) is 2.05. The quantitative estimate of drug-likeness (QED) is 0.794. The second-order valence-electron chi connectivity index (χ2n) is 4.58. The third kappa shape index (κ3) is 2.58. The van der Waals surface area contributed by atoms with Crippen LogP contribution in [-0.2, 0) is 0 Å². The van der Waals surface area contributed by atoms with Crippen LogP contribution in [0.4, 0.5) is 8.78 Å². The largest absolute Gasteiger partial charge is 0.475 e. The number of rotatable bonds is 3. The second-order valence-corrected chi connectivity index (χ2v) is 4.58. The van der Waals surface area contributed by atoms with Crippen molar-refractivity contribution in [3.8, 4) is 22.4 Å². The van der Waals surface area contributed by atoms with E-state index in [0.29, 0.717) is 11.1 Å². The highest BCUT2D eigenvalue weighted by Gasteiger charge is 2.16. The fraction of sp³-hybridized carbons (Fsp3) is 0. The summed E-state index contributed by atoms with van der Waals surface area (Å²) in [6.45, 7) is 0. The van der Waals surface area contributed by atoms with Gasteiger partial charge in [-0.05, 0) is 35.4 Å². The van der Waals surface area contributed by atoms with Crippen molar-refractivity contribution in [3.05, 3.63) is 65.9 Å². The highest BCUT2D eigenvalue weighted by molar-refractivity contribution is 5.86. The van der Waals surface area contributed by atoms with Crippen LogP contribution in [0.25, 0.3) is 22.4 Å². The molecule has 0 saturated heterocycles. The first kappa shape index (κ1) is 13.9. The highest BCUT2D eigenvalue weighted by atomic mass is 19.1. The lowest BCUT2D eigenvalue weighted by Gasteiger charge is -2.05. The minimum atomic E-state index is -1.28. The summed E-state index contributed by atoms with van der Waals surface area (Å²) in [6, 6.07) is 11.2. The monoisotopic (exact) mass is 301 g/mol. The molecule has 0 spiro atoms. The predicted octanol–water partition coefficient (Wildman–Crippen LogP) is 3.99. The SMILES string of the molecule is O=C(O)c1cc(-c2cc(-c3ccc(F)cc3)ccc2F)no1. The number of benzene rings is 2. The smallest absolute Gasteiger partial charge is 0.374 e. The molecule has 110 valence electrons. The second kappa shape index (κ2) is 5.40. The van der Waals surface area contributed by atoms with Gasteiger partial charge < -0.3 is 9.63 Å². The van der Waals surface area contributed by atoms with E-state index in [9.17, 15) is 13.6 Å². The molecule has 3 aromatic rings. The number of nitrogens with zero attached hydrogens (tertiary/aromatic N) is 1. The first-order chi connectivity index (χ1) is 10.5. The van der Waals surface area contributed by atoms with E-state index in [4.69, 9.17) is 5.11 Å². The number of carboxylic acid groups (broad SMARTS) is 1. The molecule has 1 aromatic heterocycles. The average Bonchev–Trinajstić information content (AvgIpc) is 2.99. The van der Waals surface area contributed by atoms with Gasteiger partial charge in [-0.15, -0.1) is 0 Å². The minimum absolute atomic E-state index is 0.0823. The van der Waals surface area contributed by atoms with Crippen LogP contribution in [0, 0.1) is 11.6 Å². The summed E-state index contributed by atoms with van der Waals surface area (Å²) in [5.41, 5.74) is 1.54. The van der Waals surface area contributed by atoms with Gasteiger partial charge in [0, 0.05) is 11.6 Å². The molecular formula is C16H9F2NO3. The number of carbonyl (C=O) groups is 1. The molecule has 0 aliphatic carbocycles. The van der Waals surface area contributed by atoms with E-state index in [-0.39, 0.29) is 22.8 Å². The molecule has 22 heavy (non-hydrogen) atoms. The topological polar surface area (TPSA) is 63.3 Å². The molecule has 6 heteroatoms. The molecule has 3 rings (SSSR count). The number of hydrogen-bond acceptors (Lipinski definition) is 3. The first-order valence-electron chi connectivity index (χ1n) is 6.30. The minimum Gasteiger partial charge on any atom is -0.475 e. The Bertz CT molecular complexity index is 841. The van der Waals surface area contributed by atoms with Crippen LogP contribution >= 0.6 is 0 Å². The molecule has 4 nitrogen and oxygen atoms in total. The van der Waals surface area contributed by atoms with E-state index in [1.54, 1.807) is 18.2 Å². The number of aromatic carboxylic acids is 1. The normalized spacial score (nSPS) is 10.6. The Hall–Kier alpha value is -3.02. The maximum Gasteiger partial charge on any atom is 0.374 e. The van der Waals surface area contributed by atoms with E-state index in [0.717, 1.165) is 6.07 Å². The summed E-state index contributed by atoms with van der Waals surface area (Å²) in [6.07, 6.45) is 0. The Morgan fingerprint density at radius 2 is 1.68 bits per heavy atom. The van der Waals surface area contributed by atoms with Crippen LogP contribution in [0.1, 0.15) is 10.6 Å². The zero-order valence-electron chi connectivity index (χ0n) is 11.1. The molecule has 1 heterocycles. The first-order valence-corrected chi connectivity index (χ1v) is 6.30. The van der Waals surface area contributed by atoms with Crippen LogP contribution in [0.3, 0.4) is 0 Å². The predicted molar refractivity (Wildman–Crippen MR) is 74.3 cm³/mol. The van der Waals surface area contributed by atoms with E-state index < -0.39 is 11.8 Å². The van der Waals surface area contributed by atoms with E-state index in [1.165, 1.54) is 24.3 Å². The molecular weight excluding hydrogens is 292 g/mol. The van der Waals surface area contributed by atoms with Crippen molar-refractivity contribution in [2.45, 2.75) is 0 Å². The molecule has 0 radical (unpaired) electrons. The van der Waals surface area contributed by atoms with Gasteiger partial charge in [0.25, 0.3) is 0 Å². The highest BCUT2D eigenvalue weighted by Crippen LogP contribution is 2.28. The van der Waals surface area contributed by atoms with E-state index in [1.807, 2.05) is 0 Å². The number of halogens is 2. The van der Waals surface area contributed by atoms with E-state index in [2.05, 4.69) is 9.68 Å². The molecule has 0 unspecified atom stereocenters. The molecule has 0 aliphatic rings. The Balaban J connectivity index is 2.06. The third-order valence-electron chi connectivity index (χ3n) is 3.14. The van der Waals surface area contributed by atoms with Crippen molar-refractivity contribution in [2.24, 2.45) is 0 Å². The molecule has 0 fully saturated rings. The zero-order chi connectivity index (χ0) is 15.7. The van der Waals surface area contributed by atoms with Gasteiger partial charge in [-0.2, -0.15) is 0 Å². The van der Waals surface area contributed by atoms with Gasteiger partial charge in [-0.25, -0.2) is 13.6 Å². The van der Waals surface area contributed by atoms with Crippen LogP contribution in [-0.4, -0.2) is 16.2 Å². The summed E-state index contributed by atoms with van der Waals surface area (Å²) in [5, 5.41) is 12.4. The van der Waals surface area contributed by atoms with E-state index >= 15 is 0 Å². The van der Waals surface area contributed by atoms with Crippen molar-refractivity contribution < 1.29 is 23.2 Å². The van der Waals surface area contributed by atoms with Gasteiger partial charge in [-0.1, -0.05) is 23.4 Å². The molecule has 1 N–H and O–H groups in total. The average molecular weight is 301 g/mol. The van der Waals surface area contributed by atoms with Crippen LogP contribution < -0.4 is 0 Å². The molecule has 0 bridgehead atoms. The Morgan fingerprint density at radius 3 is 2.32 bits per heavy atom. The molecule has 0 amide bonds.